The number of rotatable bonds is 7. The van der Waals surface area contributed by atoms with E-state index < -0.39 is 11.9 Å². The molecule has 106 valence electrons. The summed E-state index contributed by atoms with van der Waals surface area (Å²) in [5.41, 5.74) is 11.0. The fourth-order valence-corrected chi connectivity index (χ4v) is 1.58. The number of nitrogens with two attached hydrogens (primary N) is 2. The maximum absolute atomic E-state index is 11.3. The van der Waals surface area contributed by atoms with Crippen molar-refractivity contribution in [2.24, 2.45) is 11.7 Å². The molecule has 1 atom stereocenters. The van der Waals surface area contributed by atoms with Gasteiger partial charge in [-0.15, -0.1) is 0 Å². The predicted octanol–water partition coefficient (Wildman–Crippen LogP) is 0.517. The van der Waals surface area contributed by atoms with Crippen LogP contribution in [-0.2, 0) is 16.1 Å². The van der Waals surface area contributed by atoms with E-state index in [0.29, 0.717) is 24.1 Å². The standard InChI is InChI=1S/C12H21N5O2/c1-4-19-6-10-15-8(13)5-9(16-10)17-11(7(2)3)12(14)18/h5,7,11H,4,6H2,1-3H3,(H2,14,18)(H3,13,15,16,17). The van der Waals surface area contributed by atoms with Crippen molar-refractivity contribution in [1.29, 1.82) is 0 Å². The Hall–Kier alpha value is -1.89. The number of nitrogens with zero attached hydrogens (tertiary/aromatic N) is 2. The average molecular weight is 267 g/mol. The van der Waals surface area contributed by atoms with E-state index in [1.165, 1.54) is 0 Å². The summed E-state index contributed by atoms with van der Waals surface area (Å²) in [5.74, 6) is 0.873. The minimum Gasteiger partial charge on any atom is -0.384 e. The van der Waals surface area contributed by atoms with E-state index in [4.69, 9.17) is 16.2 Å². The summed E-state index contributed by atoms with van der Waals surface area (Å²) in [6, 6.07) is 1.06. The van der Waals surface area contributed by atoms with Crippen molar-refractivity contribution in [2.75, 3.05) is 17.7 Å². The molecule has 7 heteroatoms. The largest absolute Gasteiger partial charge is 0.384 e. The molecule has 0 aliphatic rings. The van der Waals surface area contributed by atoms with Crippen LogP contribution in [0.5, 0.6) is 0 Å². The number of amides is 1. The van der Waals surface area contributed by atoms with Crippen molar-refractivity contribution in [2.45, 2.75) is 33.4 Å². The number of carbonyl (C=O) groups excluding carboxylic acids is 1. The average Bonchev–Trinajstić information content (AvgIpc) is 2.32. The molecule has 1 aromatic rings. The molecule has 0 radical (unpaired) electrons. The van der Waals surface area contributed by atoms with Crippen LogP contribution < -0.4 is 16.8 Å². The molecule has 5 N–H and O–H groups in total. The number of hydrogen-bond donors (Lipinski definition) is 3. The second kappa shape index (κ2) is 6.89. The molecule has 0 spiro atoms. The van der Waals surface area contributed by atoms with Gasteiger partial charge in [0.15, 0.2) is 5.82 Å². The summed E-state index contributed by atoms with van der Waals surface area (Å²) in [6.45, 7) is 6.52. The molecule has 0 saturated carbocycles. The molecule has 1 amide bonds. The summed E-state index contributed by atoms with van der Waals surface area (Å²) in [7, 11) is 0. The monoisotopic (exact) mass is 267 g/mol. The summed E-state index contributed by atoms with van der Waals surface area (Å²) in [5, 5.41) is 2.97. The van der Waals surface area contributed by atoms with Crippen LogP contribution in [0.2, 0.25) is 0 Å². The van der Waals surface area contributed by atoms with E-state index in [1.54, 1.807) is 6.07 Å². The van der Waals surface area contributed by atoms with Gasteiger partial charge in [-0.25, -0.2) is 9.97 Å². The van der Waals surface area contributed by atoms with Gasteiger partial charge in [-0.3, -0.25) is 4.79 Å². The van der Waals surface area contributed by atoms with Gasteiger partial charge < -0.3 is 21.5 Å². The zero-order valence-corrected chi connectivity index (χ0v) is 11.5. The Morgan fingerprint density at radius 3 is 2.68 bits per heavy atom. The van der Waals surface area contributed by atoms with Crippen molar-refractivity contribution >= 4 is 17.5 Å². The molecule has 1 unspecified atom stereocenters. The van der Waals surface area contributed by atoms with Gasteiger partial charge in [0.1, 0.15) is 24.3 Å². The van der Waals surface area contributed by atoms with Gasteiger partial charge >= 0.3 is 0 Å². The van der Waals surface area contributed by atoms with Crippen LogP contribution in [0.3, 0.4) is 0 Å². The van der Waals surface area contributed by atoms with Crippen LogP contribution in [-0.4, -0.2) is 28.5 Å². The maximum Gasteiger partial charge on any atom is 0.240 e. The summed E-state index contributed by atoms with van der Waals surface area (Å²) in [4.78, 5) is 19.6. The number of carbonyl (C=O) groups is 1. The Morgan fingerprint density at radius 2 is 2.16 bits per heavy atom. The lowest BCUT2D eigenvalue weighted by molar-refractivity contribution is -0.119. The van der Waals surface area contributed by atoms with Gasteiger partial charge in [0, 0.05) is 12.7 Å². The number of anilines is 2. The van der Waals surface area contributed by atoms with Gasteiger partial charge in [0.05, 0.1) is 0 Å². The topological polar surface area (TPSA) is 116 Å². The van der Waals surface area contributed by atoms with Crippen LogP contribution in [0.4, 0.5) is 11.6 Å². The first kappa shape index (κ1) is 15.2. The molecule has 0 aliphatic carbocycles. The highest BCUT2D eigenvalue weighted by atomic mass is 16.5. The number of hydrogen-bond acceptors (Lipinski definition) is 6. The summed E-state index contributed by atoms with van der Waals surface area (Å²) in [6.07, 6.45) is 0. The lowest BCUT2D eigenvalue weighted by atomic mass is 10.0. The second-order valence-corrected chi connectivity index (χ2v) is 4.50. The first-order valence-corrected chi connectivity index (χ1v) is 6.21. The van der Waals surface area contributed by atoms with Crippen molar-refractivity contribution < 1.29 is 9.53 Å². The molecule has 0 bridgehead atoms. The number of primary amides is 1. The zero-order chi connectivity index (χ0) is 14.4. The van der Waals surface area contributed by atoms with E-state index >= 15 is 0 Å². The smallest absolute Gasteiger partial charge is 0.240 e. The Kier molecular flexibility index (Phi) is 5.50. The van der Waals surface area contributed by atoms with Crippen LogP contribution in [0.15, 0.2) is 6.07 Å². The van der Waals surface area contributed by atoms with Crippen LogP contribution in [0, 0.1) is 5.92 Å². The van der Waals surface area contributed by atoms with Crippen molar-refractivity contribution in [3.8, 4) is 0 Å². The fraction of sp³-hybridized carbons (Fsp3) is 0.583. The van der Waals surface area contributed by atoms with Crippen molar-refractivity contribution in [3.63, 3.8) is 0 Å². The van der Waals surface area contributed by atoms with Crippen molar-refractivity contribution in [3.05, 3.63) is 11.9 Å². The highest BCUT2D eigenvalue weighted by Crippen LogP contribution is 2.13. The second-order valence-electron chi connectivity index (χ2n) is 4.50. The highest BCUT2D eigenvalue weighted by Gasteiger charge is 2.20. The molecule has 0 saturated heterocycles. The third kappa shape index (κ3) is 4.70. The van der Waals surface area contributed by atoms with E-state index in [9.17, 15) is 4.79 Å². The van der Waals surface area contributed by atoms with Crippen LogP contribution in [0.25, 0.3) is 0 Å². The Balaban J connectivity index is 2.87. The molecular weight excluding hydrogens is 246 g/mol. The highest BCUT2D eigenvalue weighted by molar-refractivity contribution is 5.83. The summed E-state index contributed by atoms with van der Waals surface area (Å²) >= 11 is 0. The fourth-order valence-electron chi connectivity index (χ4n) is 1.58. The lowest BCUT2D eigenvalue weighted by Crippen LogP contribution is -2.39. The maximum atomic E-state index is 11.3. The number of ether oxygens (including phenoxy) is 1. The lowest BCUT2D eigenvalue weighted by Gasteiger charge is -2.19. The SMILES string of the molecule is CCOCc1nc(N)cc(NC(C(N)=O)C(C)C)n1. The first-order valence-electron chi connectivity index (χ1n) is 6.21. The van der Waals surface area contributed by atoms with E-state index in [0.717, 1.165) is 0 Å². The number of nitrogens with one attached hydrogen (secondary N) is 1. The van der Waals surface area contributed by atoms with E-state index in [-0.39, 0.29) is 12.5 Å². The number of nitrogen functional groups attached to an aromatic ring is 1. The predicted molar refractivity (Wildman–Crippen MR) is 73.2 cm³/mol. The van der Waals surface area contributed by atoms with Gasteiger partial charge in [-0.1, -0.05) is 13.8 Å². The van der Waals surface area contributed by atoms with Crippen LogP contribution >= 0.6 is 0 Å². The van der Waals surface area contributed by atoms with Gasteiger partial charge in [0.25, 0.3) is 0 Å². The molecule has 7 nitrogen and oxygen atoms in total. The molecule has 0 aromatic carbocycles. The molecule has 1 heterocycles. The quantitative estimate of drug-likeness (QED) is 0.663. The normalized spacial score (nSPS) is 12.4. The Bertz CT molecular complexity index is 436. The van der Waals surface area contributed by atoms with Gasteiger partial charge in [-0.05, 0) is 12.8 Å². The first-order chi connectivity index (χ1) is 8.93. The Labute approximate surface area is 112 Å². The Morgan fingerprint density at radius 1 is 1.47 bits per heavy atom. The molecule has 0 aliphatic heterocycles. The molecule has 1 rings (SSSR count). The van der Waals surface area contributed by atoms with Gasteiger partial charge in [-0.2, -0.15) is 0 Å². The van der Waals surface area contributed by atoms with E-state index in [1.807, 2.05) is 20.8 Å². The van der Waals surface area contributed by atoms with Crippen molar-refractivity contribution in [1.82, 2.24) is 9.97 Å². The summed E-state index contributed by atoms with van der Waals surface area (Å²) < 4.78 is 5.23. The zero-order valence-electron chi connectivity index (χ0n) is 11.5. The minimum absolute atomic E-state index is 0.0454. The van der Waals surface area contributed by atoms with Crippen LogP contribution in [0.1, 0.15) is 26.6 Å². The van der Waals surface area contributed by atoms with E-state index in [2.05, 4.69) is 15.3 Å². The third-order valence-electron chi connectivity index (χ3n) is 2.50. The molecular formula is C12H21N5O2. The molecule has 0 fully saturated rings. The molecule has 1 aromatic heterocycles. The van der Waals surface area contributed by atoms with Gasteiger partial charge in [0.2, 0.25) is 5.91 Å². The number of aromatic nitrogens is 2. The third-order valence-corrected chi connectivity index (χ3v) is 2.50. The molecule has 19 heavy (non-hydrogen) atoms. The minimum atomic E-state index is -0.505.